The van der Waals surface area contributed by atoms with Crippen molar-refractivity contribution in [3.05, 3.63) is 57.0 Å². The highest BCUT2D eigenvalue weighted by Crippen LogP contribution is 2.30. The molecule has 0 spiro atoms. The Morgan fingerprint density at radius 1 is 1.15 bits per heavy atom. The second kappa shape index (κ2) is 9.16. The summed E-state index contributed by atoms with van der Waals surface area (Å²) in [5, 5.41) is 4.85. The van der Waals surface area contributed by atoms with E-state index in [1.165, 1.54) is 0 Å². The number of halogens is 3. The number of carbonyl (C=O) groups is 1. The Balaban J connectivity index is 1.57. The van der Waals surface area contributed by atoms with Crippen LogP contribution in [0, 0.1) is 5.92 Å². The number of carbonyl (C=O) groups excluding carboxylic acids is 1. The maximum absolute atomic E-state index is 12.6. The third-order valence-corrected chi connectivity index (χ3v) is 5.76. The molecule has 1 fully saturated rings. The third kappa shape index (κ3) is 5.08. The van der Waals surface area contributed by atoms with Gasteiger partial charge in [0.15, 0.2) is 0 Å². The number of piperidine rings is 1. The second-order valence-electron chi connectivity index (χ2n) is 6.58. The Kier molecular flexibility index (Phi) is 6.88. The van der Waals surface area contributed by atoms with E-state index in [0.29, 0.717) is 33.0 Å². The molecular weight excluding hydrogens is 407 g/mol. The minimum absolute atomic E-state index is 0.00834. The van der Waals surface area contributed by atoms with Gasteiger partial charge in [0.05, 0.1) is 12.8 Å². The highest BCUT2D eigenvalue weighted by molar-refractivity contribution is 6.36. The number of nitrogens with one attached hydrogen (secondary N) is 1. The second-order valence-corrected chi connectivity index (χ2v) is 7.84. The highest BCUT2D eigenvalue weighted by Gasteiger charge is 2.26. The largest absolute Gasteiger partial charge is 0.495 e. The molecule has 2 aromatic carbocycles. The number of amides is 1. The predicted molar refractivity (Wildman–Crippen MR) is 111 cm³/mol. The fraction of sp³-hybridized carbons (Fsp3) is 0.350. The fourth-order valence-electron chi connectivity index (χ4n) is 3.27. The van der Waals surface area contributed by atoms with E-state index in [9.17, 15) is 4.79 Å². The number of benzene rings is 2. The van der Waals surface area contributed by atoms with Crippen molar-refractivity contribution in [3.8, 4) is 5.75 Å². The SMILES string of the molecule is COc1ccc(Cl)cc1NC(=O)C1CCN(Cc2c(Cl)cccc2Cl)CC1. The summed E-state index contributed by atoms with van der Waals surface area (Å²) in [6.07, 6.45) is 1.55. The fourth-order valence-corrected chi connectivity index (χ4v) is 3.96. The van der Waals surface area contributed by atoms with Crippen LogP contribution in [0.2, 0.25) is 15.1 Å². The summed E-state index contributed by atoms with van der Waals surface area (Å²) in [6.45, 7) is 2.31. The minimum atomic E-state index is -0.0494. The van der Waals surface area contributed by atoms with Gasteiger partial charge in [-0.1, -0.05) is 40.9 Å². The van der Waals surface area contributed by atoms with Gasteiger partial charge in [-0.15, -0.1) is 0 Å². The summed E-state index contributed by atoms with van der Waals surface area (Å²) in [5.41, 5.74) is 1.53. The molecule has 0 radical (unpaired) electrons. The Hall–Kier alpha value is -1.46. The number of likely N-dealkylation sites (tertiary alicyclic amines) is 1. The molecule has 4 nitrogen and oxygen atoms in total. The lowest BCUT2D eigenvalue weighted by molar-refractivity contribution is -0.121. The van der Waals surface area contributed by atoms with Gasteiger partial charge in [-0.2, -0.15) is 0 Å². The third-order valence-electron chi connectivity index (χ3n) is 4.82. The van der Waals surface area contributed by atoms with Crippen LogP contribution in [0.4, 0.5) is 5.69 Å². The van der Waals surface area contributed by atoms with Crippen molar-refractivity contribution in [2.45, 2.75) is 19.4 Å². The first-order valence-electron chi connectivity index (χ1n) is 8.77. The van der Waals surface area contributed by atoms with Crippen molar-refractivity contribution >= 4 is 46.4 Å². The lowest BCUT2D eigenvalue weighted by atomic mass is 9.95. The molecule has 27 heavy (non-hydrogen) atoms. The minimum Gasteiger partial charge on any atom is -0.495 e. The van der Waals surface area contributed by atoms with E-state index in [1.807, 2.05) is 18.2 Å². The van der Waals surface area contributed by atoms with Gasteiger partial charge in [0.25, 0.3) is 0 Å². The Morgan fingerprint density at radius 2 is 1.81 bits per heavy atom. The molecule has 0 atom stereocenters. The number of hydrogen-bond acceptors (Lipinski definition) is 3. The number of nitrogens with zero attached hydrogens (tertiary/aromatic N) is 1. The van der Waals surface area contributed by atoms with Gasteiger partial charge in [0.1, 0.15) is 5.75 Å². The van der Waals surface area contributed by atoms with Gasteiger partial charge < -0.3 is 10.1 Å². The van der Waals surface area contributed by atoms with Crippen LogP contribution in [0.15, 0.2) is 36.4 Å². The van der Waals surface area contributed by atoms with Gasteiger partial charge in [0, 0.05) is 33.1 Å². The summed E-state index contributed by atoms with van der Waals surface area (Å²) in [6, 6.07) is 10.7. The topological polar surface area (TPSA) is 41.6 Å². The summed E-state index contributed by atoms with van der Waals surface area (Å²) >= 11 is 18.6. The number of methoxy groups -OCH3 is 1. The van der Waals surface area contributed by atoms with E-state index in [-0.39, 0.29) is 11.8 Å². The zero-order chi connectivity index (χ0) is 19.4. The van der Waals surface area contributed by atoms with Crippen molar-refractivity contribution in [3.63, 3.8) is 0 Å². The van der Waals surface area contributed by atoms with Crippen LogP contribution in [0.25, 0.3) is 0 Å². The smallest absolute Gasteiger partial charge is 0.227 e. The average Bonchev–Trinajstić information content (AvgIpc) is 2.65. The van der Waals surface area contributed by atoms with Gasteiger partial charge in [-0.05, 0) is 56.3 Å². The highest BCUT2D eigenvalue weighted by atomic mass is 35.5. The molecule has 1 heterocycles. The van der Waals surface area contributed by atoms with Gasteiger partial charge in [-0.3, -0.25) is 9.69 Å². The normalized spacial score (nSPS) is 15.6. The van der Waals surface area contributed by atoms with E-state index in [2.05, 4.69) is 10.2 Å². The predicted octanol–water partition coefficient (Wildman–Crippen LogP) is 5.51. The Labute approximate surface area is 174 Å². The molecule has 0 saturated carbocycles. The van der Waals surface area contributed by atoms with Crippen LogP contribution in [-0.2, 0) is 11.3 Å². The summed E-state index contributed by atoms with van der Waals surface area (Å²) in [5.74, 6) is 0.538. The van der Waals surface area contributed by atoms with Crippen LogP contribution >= 0.6 is 34.8 Å². The zero-order valence-electron chi connectivity index (χ0n) is 15.0. The van der Waals surface area contributed by atoms with Crippen LogP contribution < -0.4 is 10.1 Å². The molecule has 0 unspecified atom stereocenters. The Morgan fingerprint density at radius 3 is 2.44 bits per heavy atom. The molecule has 1 N–H and O–H groups in total. The first-order chi connectivity index (χ1) is 13.0. The molecule has 144 valence electrons. The maximum atomic E-state index is 12.6. The summed E-state index contributed by atoms with van der Waals surface area (Å²) in [4.78, 5) is 14.9. The van der Waals surface area contributed by atoms with Crippen LogP contribution in [0.5, 0.6) is 5.75 Å². The first-order valence-corrected chi connectivity index (χ1v) is 9.91. The summed E-state index contributed by atoms with van der Waals surface area (Å²) in [7, 11) is 1.57. The van der Waals surface area contributed by atoms with Crippen molar-refractivity contribution in [2.75, 3.05) is 25.5 Å². The Bertz CT molecular complexity index is 801. The summed E-state index contributed by atoms with van der Waals surface area (Å²) < 4.78 is 5.29. The first kappa shape index (κ1) is 20.3. The molecule has 3 rings (SSSR count). The molecule has 0 bridgehead atoms. The van der Waals surface area contributed by atoms with Gasteiger partial charge in [0.2, 0.25) is 5.91 Å². The van der Waals surface area contributed by atoms with Crippen molar-refractivity contribution < 1.29 is 9.53 Å². The van der Waals surface area contributed by atoms with E-state index >= 15 is 0 Å². The van der Waals surface area contributed by atoms with Crippen LogP contribution in [-0.4, -0.2) is 31.0 Å². The van der Waals surface area contributed by atoms with Gasteiger partial charge in [-0.25, -0.2) is 0 Å². The number of hydrogen-bond donors (Lipinski definition) is 1. The molecule has 1 saturated heterocycles. The van der Waals surface area contributed by atoms with Crippen LogP contribution in [0.3, 0.4) is 0 Å². The van der Waals surface area contributed by atoms with Crippen molar-refractivity contribution in [2.24, 2.45) is 5.92 Å². The number of ether oxygens (including phenoxy) is 1. The van der Waals surface area contributed by atoms with Gasteiger partial charge >= 0.3 is 0 Å². The maximum Gasteiger partial charge on any atom is 0.227 e. The quantitative estimate of drug-likeness (QED) is 0.684. The standard InChI is InChI=1S/C20H21Cl3N2O2/c1-27-19-6-5-14(21)11-18(19)24-20(26)13-7-9-25(10-8-13)12-15-16(22)3-2-4-17(15)23/h2-6,11,13H,7-10,12H2,1H3,(H,24,26). The number of anilines is 1. The average molecular weight is 428 g/mol. The van der Waals surface area contributed by atoms with E-state index in [1.54, 1.807) is 25.3 Å². The molecule has 0 aliphatic carbocycles. The lowest BCUT2D eigenvalue weighted by Crippen LogP contribution is -2.37. The molecular formula is C20H21Cl3N2O2. The van der Waals surface area contributed by atoms with Crippen molar-refractivity contribution in [1.82, 2.24) is 4.90 Å². The molecule has 1 amide bonds. The monoisotopic (exact) mass is 426 g/mol. The van der Waals surface area contributed by atoms with E-state index in [0.717, 1.165) is 31.5 Å². The molecule has 7 heteroatoms. The lowest BCUT2D eigenvalue weighted by Gasteiger charge is -2.31. The van der Waals surface area contributed by atoms with Crippen LogP contribution in [0.1, 0.15) is 18.4 Å². The molecule has 2 aromatic rings. The van der Waals surface area contributed by atoms with E-state index < -0.39 is 0 Å². The molecule has 1 aliphatic heterocycles. The zero-order valence-corrected chi connectivity index (χ0v) is 17.2. The van der Waals surface area contributed by atoms with Crippen molar-refractivity contribution in [1.29, 1.82) is 0 Å². The molecule has 0 aromatic heterocycles. The number of rotatable bonds is 5. The molecule has 1 aliphatic rings. The van der Waals surface area contributed by atoms with E-state index in [4.69, 9.17) is 39.5 Å².